The van der Waals surface area contributed by atoms with E-state index in [0.29, 0.717) is 56.4 Å². The van der Waals surface area contributed by atoms with Gasteiger partial charge >= 0.3 is 5.97 Å². The van der Waals surface area contributed by atoms with Crippen LogP contribution in [0.3, 0.4) is 0 Å². The number of allylic oxidation sites excluding steroid dienone is 5. The molecule has 0 aromatic heterocycles. The Morgan fingerprint density at radius 2 is 1.62 bits per heavy atom. The fraction of sp³-hybridized carbons (Fsp3) is 0.745. The molecule has 2 bridgehead atoms. The maximum Gasteiger partial charge on any atom is 0.329 e. The van der Waals surface area contributed by atoms with Gasteiger partial charge in [-0.2, -0.15) is 0 Å². The number of aliphatic hydroxyl groups excluding tert-OH is 2. The van der Waals surface area contributed by atoms with Crippen LogP contribution in [0.25, 0.3) is 0 Å². The number of hydrogen-bond donors (Lipinski definition) is 3. The van der Waals surface area contributed by atoms with Crippen LogP contribution >= 0.6 is 0 Å². The normalized spacial score (nSPS) is 38.9. The van der Waals surface area contributed by atoms with Gasteiger partial charge in [0.2, 0.25) is 5.79 Å². The summed E-state index contributed by atoms with van der Waals surface area (Å²) in [5.41, 5.74) is 1.34. The molecule has 0 aromatic carbocycles. The van der Waals surface area contributed by atoms with Crippen molar-refractivity contribution < 1.29 is 58.2 Å². The Morgan fingerprint density at radius 1 is 0.868 bits per heavy atom. The molecule has 1 aliphatic carbocycles. The first-order chi connectivity index (χ1) is 32.3. The summed E-state index contributed by atoms with van der Waals surface area (Å²) in [7, 11) is 3.14. The van der Waals surface area contributed by atoms with Crippen LogP contribution in [0, 0.1) is 47.3 Å². The van der Waals surface area contributed by atoms with E-state index in [9.17, 15) is 34.5 Å². The van der Waals surface area contributed by atoms with Gasteiger partial charge in [0.05, 0.1) is 24.4 Å². The van der Waals surface area contributed by atoms with Gasteiger partial charge < -0.3 is 43.9 Å². The molecule has 68 heavy (non-hydrogen) atoms. The molecule has 0 aromatic rings. The molecule has 1 saturated carbocycles. The minimum absolute atomic E-state index is 0.0262. The number of fused-ring (bicyclic) bond motifs is 3. The first-order valence-corrected chi connectivity index (χ1v) is 25.5. The minimum atomic E-state index is -2.43. The topological polar surface area (TPSA) is 178 Å². The number of ether oxygens (including phenoxy) is 5. The molecular weight excluding hydrogens is 867 g/mol. The number of cyclic esters (lactones) is 1. The van der Waals surface area contributed by atoms with Crippen LogP contribution in [0.2, 0.25) is 0 Å². The fourth-order valence-electron chi connectivity index (χ4n) is 10.5. The van der Waals surface area contributed by atoms with Crippen molar-refractivity contribution in [2.24, 2.45) is 35.5 Å². The molecule has 2 saturated heterocycles. The number of hydrogen-bond acceptors (Lipinski definition) is 12. The Bertz CT molecular complexity index is 1850. The van der Waals surface area contributed by atoms with Crippen LogP contribution in [0.15, 0.2) is 47.6 Å². The third kappa shape index (κ3) is 16.0. The van der Waals surface area contributed by atoms with Crippen LogP contribution in [0.1, 0.15) is 145 Å². The van der Waals surface area contributed by atoms with Crippen molar-refractivity contribution in [3.05, 3.63) is 47.6 Å². The smallest absolute Gasteiger partial charge is 0.329 e. The van der Waals surface area contributed by atoms with Crippen molar-refractivity contribution in [2.45, 2.75) is 200 Å². The second-order valence-electron chi connectivity index (χ2n) is 20.4. The Kier molecular flexibility index (Phi) is 23.3. The largest absolute Gasteiger partial charge is 0.460 e. The standard InChI is InChI=1S/C55H85NO12/c1-11-12-18-28-66-47-33-44-26-25-41(8)55(63,68-44)52(60)53(61)56-27-17-16-24-45(56)54(62)67-48(38(5)31-42-22-19-23-43(32-42)64-9)34-46(57)37(4)30-40(7)50(59)51(65-10)49(58)39(6)29-35(2)20-14-13-15-21-36(47)3/h13-15,20-21,30,35,37-39,41-48,50-51,57,59,63H,11,16-17,19,22-29,31-34H2,1-10H3/b15-13+,20-14+,36-21+,40-30+/t35-,37-,38-,39-,41-,42?,43+,44+,45+,46-,47+,48+,50-,51+,55-/m1/s1. The SMILES string of the molecule is CCC#CCO[C@H]1C[C@@H]2CC[C@@H](C)[C@@](O)(O2)C(=O)C(=O)N2CCCC[C@H]2C(=O)O[C@H]([C@H](C)CC2CCC[C@H](OC)C2)C[C@@H](O)[C@H](C)/C=C(\C)[C@@H](O)[C@@H](OC)C(=O)[C@H](C)C[C@H](C)/C=C/C=C/C=C/1C. The zero-order valence-corrected chi connectivity index (χ0v) is 42.8. The number of carbonyl (C=O) groups is 4. The quantitative estimate of drug-likeness (QED) is 0.0979. The van der Waals surface area contributed by atoms with Gasteiger partial charge in [0, 0.05) is 57.8 Å². The molecule has 3 heterocycles. The highest BCUT2D eigenvalue weighted by atomic mass is 16.6. The summed E-state index contributed by atoms with van der Waals surface area (Å²) in [5, 5.41) is 35.4. The number of ketones is 2. The zero-order chi connectivity index (χ0) is 50.1. The summed E-state index contributed by atoms with van der Waals surface area (Å²) in [6.07, 6.45) is 14.8. The summed E-state index contributed by atoms with van der Waals surface area (Å²) < 4.78 is 30.2. The molecule has 1 unspecified atom stereocenters. The van der Waals surface area contributed by atoms with E-state index in [-0.39, 0.29) is 49.7 Å². The maximum absolute atomic E-state index is 14.5. The monoisotopic (exact) mass is 952 g/mol. The van der Waals surface area contributed by atoms with Gasteiger partial charge in [-0.05, 0) is 101 Å². The van der Waals surface area contributed by atoms with Crippen LogP contribution in [-0.2, 0) is 42.9 Å². The van der Waals surface area contributed by atoms with Crippen molar-refractivity contribution in [3.8, 4) is 11.8 Å². The molecule has 3 fully saturated rings. The summed E-state index contributed by atoms with van der Waals surface area (Å²) in [5.74, 6) is -0.879. The summed E-state index contributed by atoms with van der Waals surface area (Å²) in [4.78, 5) is 58.2. The van der Waals surface area contributed by atoms with Gasteiger partial charge in [0.1, 0.15) is 31.0 Å². The third-order valence-corrected chi connectivity index (χ3v) is 14.9. The highest BCUT2D eigenvalue weighted by Crippen LogP contribution is 2.38. The number of carbonyl (C=O) groups excluding carboxylic acids is 4. The van der Waals surface area contributed by atoms with Crippen LogP contribution in [-0.4, -0.2) is 126 Å². The first kappa shape index (κ1) is 57.1. The van der Waals surface area contributed by atoms with E-state index >= 15 is 0 Å². The Labute approximate surface area is 407 Å². The zero-order valence-electron chi connectivity index (χ0n) is 42.8. The summed E-state index contributed by atoms with van der Waals surface area (Å²) in [6.45, 7) is 15.3. The van der Waals surface area contributed by atoms with E-state index in [2.05, 4.69) is 11.8 Å². The van der Waals surface area contributed by atoms with Gasteiger partial charge in [0.15, 0.2) is 5.78 Å². The van der Waals surface area contributed by atoms with E-state index in [4.69, 9.17) is 23.7 Å². The van der Waals surface area contributed by atoms with E-state index < -0.39 is 83.9 Å². The lowest BCUT2D eigenvalue weighted by Gasteiger charge is -2.43. The minimum Gasteiger partial charge on any atom is -0.460 e. The van der Waals surface area contributed by atoms with Crippen molar-refractivity contribution >= 4 is 23.4 Å². The molecule has 13 heteroatoms. The first-order valence-electron chi connectivity index (χ1n) is 25.5. The molecular formula is C55H85NO12. The molecule has 3 N–H and O–H groups in total. The highest BCUT2D eigenvalue weighted by molar-refractivity contribution is 6.39. The molecule has 0 spiro atoms. The molecule has 1 amide bonds. The number of esters is 1. The second-order valence-corrected chi connectivity index (χ2v) is 20.4. The summed E-state index contributed by atoms with van der Waals surface area (Å²) in [6, 6.07) is -1.09. The highest BCUT2D eigenvalue weighted by Gasteiger charge is 2.53. The Balaban J connectivity index is 1.72. The lowest BCUT2D eigenvalue weighted by Crippen LogP contribution is -2.61. The molecule has 4 rings (SSSR count). The van der Waals surface area contributed by atoms with Crippen LogP contribution in [0.5, 0.6) is 0 Å². The molecule has 382 valence electrons. The number of rotatable bonds is 7. The average Bonchev–Trinajstić information content (AvgIpc) is 3.32. The second kappa shape index (κ2) is 27.8. The fourth-order valence-corrected chi connectivity index (χ4v) is 10.5. The number of amides is 1. The number of aliphatic hydroxyl groups is 3. The van der Waals surface area contributed by atoms with Gasteiger partial charge in [-0.25, -0.2) is 4.79 Å². The molecule has 3 aliphatic heterocycles. The molecule has 15 atom stereocenters. The average molecular weight is 952 g/mol. The van der Waals surface area contributed by atoms with Gasteiger partial charge in [-0.3, -0.25) is 14.4 Å². The van der Waals surface area contributed by atoms with E-state index in [1.165, 1.54) is 12.0 Å². The van der Waals surface area contributed by atoms with Gasteiger partial charge in [-0.1, -0.05) is 96.8 Å². The van der Waals surface area contributed by atoms with Crippen molar-refractivity contribution in [2.75, 3.05) is 27.4 Å². The molecule has 13 nitrogen and oxygen atoms in total. The summed E-state index contributed by atoms with van der Waals surface area (Å²) >= 11 is 0. The number of nitrogens with zero attached hydrogens (tertiary/aromatic N) is 1. The maximum atomic E-state index is 14.5. The predicted octanol–water partition coefficient (Wildman–Crippen LogP) is 7.79. The number of piperidine rings is 1. The lowest BCUT2D eigenvalue weighted by atomic mass is 9.79. The number of methoxy groups -OCH3 is 2. The molecule has 4 aliphatic rings. The van der Waals surface area contributed by atoms with Crippen molar-refractivity contribution in [1.29, 1.82) is 0 Å². The van der Waals surface area contributed by atoms with Gasteiger partial charge in [0.25, 0.3) is 11.7 Å². The van der Waals surface area contributed by atoms with Crippen molar-refractivity contribution in [3.63, 3.8) is 0 Å². The third-order valence-electron chi connectivity index (χ3n) is 14.9. The van der Waals surface area contributed by atoms with Gasteiger partial charge in [-0.15, -0.1) is 5.92 Å². The van der Waals surface area contributed by atoms with Crippen LogP contribution in [0.4, 0.5) is 0 Å². The van der Waals surface area contributed by atoms with E-state index in [1.807, 2.05) is 71.9 Å². The Hall–Kier alpha value is -3.48. The molecule has 0 radical (unpaired) electrons. The van der Waals surface area contributed by atoms with E-state index in [1.54, 1.807) is 27.0 Å². The van der Waals surface area contributed by atoms with Crippen molar-refractivity contribution in [1.82, 2.24) is 4.90 Å². The lowest BCUT2D eigenvalue weighted by molar-refractivity contribution is -0.265. The van der Waals surface area contributed by atoms with Crippen LogP contribution < -0.4 is 0 Å². The Morgan fingerprint density at radius 3 is 2.32 bits per heavy atom. The number of Topliss-reactive ketones (excluding diaryl/α,β-unsaturated/α-hetero) is 2. The van der Waals surface area contributed by atoms with E-state index in [0.717, 1.165) is 37.7 Å². The predicted molar refractivity (Wildman–Crippen MR) is 262 cm³/mol.